The van der Waals surface area contributed by atoms with Gasteiger partial charge in [0.2, 0.25) is 5.91 Å². The van der Waals surface area contributed by atoms with Crippen molar-refractivity contribution in [2.45, 2.75) is 13.0 Å². The molecule has 0 radical (unpaired) electrons. The Morgan fingerprint density at radius 1 is 1.47 bits per heavy atom. The van der Waals surface area contributed by atoms with Gasteiger partial charge >= 0.3 is 5.97 Å². The number of esters is 1. The summed E-state index contributed by atoms with van der Waals surface area (Å²) in [6.07, 6.45) is 0. The summed E-state index contributed by atoms with van der Waals surface area (Å²) in [5, 5.41) is 6.08. The minimum atomic E-state index is -0.753. The first kappa shape index (κ1) is 16.0. The molecule has 104 valence electrons. The molecule has 0 saturated heterocycles. The van der Waals surface area contributed by atoms with E-state index in [0.29, 0.717) is 10.7 Å². The monoisotopic (exact) mass is 396 g/mol. The molecule has 0 bridgehead atoms. The number of anilines is 1. The van der Waals surface area contributed by atoms with Gasteiger partial charge in [-0.1, -0.05) is 11.6 Å². The number of rotatable bonds is 5. The number of nitrogens with one attached hydrogen (secondary N) is 2. The smallest absolute Gasteiger partial charge is 0.330 e. The fourth-order valence-electron chi connectivity index (χ4n) is 1.43. The lowest BCUT2D eigenvalue weighted by Gasteiger charge is -2.17. The van der Waals surface area contributed by atoms with Gasteiger partial charge in [0.05, 0.1) is 17.8 Å². The van der Waals surface area contributed by atoms with Crippen molar-refractivity contribution in [3.05, 3.63) is 26.8 Å². The van der Waals surface area contributed by atoms with Gasteiger partial charge in [-0.05, 0) is 40.8 Å². The maximum Gasteiger partial charge on any atom is 0.330 e. The molecule has 1 rings (SSSR count). The van der Waals surface area contributed by atoms with Crippen molar-refractivity contribution < 1.29 is 14.3 Å². The first-order valence-corrected chi connectivity index (χ1v) is 6.93. The molecule has 1 aromatic carbocycles. The SMILES string of the molecule is COC(=O)C(CNc1cc(I)ccc1Cl)NC(C)=O. The fraction of sp³-hybridized carbons (Fsp3) is 0.333. The molecule has 2 N–H and O–H groups in total. The lowest BCUT2D eigenvalue weighted by molar-refractivity contribution is -0.144. The molecule has 0 aliphatic rings. The van der Waals surface area contributed by atoms with Crippen molar-refractivity contribution >= 4 is 51.8 Å². The van der Waals surface area contributed by atoms with Gasteiger partial charge < -0.3 is 15.4 Å². The van der Waals surface area contributed by atoms with Gasteiger partial charge in [-0.15, -0.1) is 0 Å². The number of carbonyl (C=O) groups is 2. The lowest BCUT2D eigenvalue weighted by Crippen LogP contribution is -2.45. The Balaban J connectivity index is 2.72. The number of ether oxygens (including phenoxy) is 1. The Kier molecular flexibility index (Phi) is 6.36. The van der Waals surface area contributed by atoms with Gasteiger partial charge in [-0.2, -0.15) is 0 Å². The number of halogens is 2. The summed E-state index contributed by atoms with van der Waals surface area (Å²) >= 11 is 8.19. The van der Waals surface area contributed by atoms with Crippen LogP contribution >= 0.6 is 34.2 Å². The Labute approximate surface area is 130 Å². The van der Waals surface area contributed by atoms with Crippen molar-refractivity contribution in [2.24, 2.45) is 0 Å². The van der Waals surface area contributed by atoms with Gasteiger partial charge in [0.1, 0.15) is 6.04 Å². The van der Waals surface area contributed by atoms with E-state index in [9.17, 15) is 9.59 Å². The average Bonchev–Trinajstić information content (AvgIpc) is 2.36. The highest BCUT2D eigenvalue weighted by Gasteiger charge is 2.20. The van der Waals surface area contributed by atoms with Crippen LogP contribution in [0.2, 0.25) is 5.02 Å². The first-order valence-electron chi connectivity index (χ1n) is 5.48. The van der Waals surface area contributed by atoms with Crippen molar-refractivity contribution in [3.8, 4) is 0 Å². The van der Waals surface area contributed by atoms with Crippen LogP contribution in [0.1, 0.15) is 6.92 Å². The van der Waals surface area contributed by atoms with Crippen LogP contribution in [0.15, 0.2) is 18.2 Å². The fourth-order valence-corrected chi connectivity index (χ4v) is 2.10. The molecule has 1 unspecified atom stereocenters. The summed E-state index contributed by atoms with van der Waals surface area (Å²) in [6, 6.07) is 4.73. The van der Waals surface area contributed by atoms with Crippen LogP contribution in [0.3, 0.4) is 0 Å². The maximum absolute atomic E-state index is 11.5. The van der Waals surface area contributed by atoms with E-state index < -0.39 is 12.0 Å². The summed E-state index contributed by atoms with van der Waals surface area (Å²) in [5.74, 6) is -0.810. The predicted octanol–water partition coefficient (Wildman–Crippen LogP) is 2.03. The van der Waals surface area contributed by atoms with Crippen LogP contribution in [0.5, 0.6) is 0 Å². The van der Waals surface area contributed by atoms with Crippen molar-refractivity contribution in [2.75, 3.05) is 19.0 Å². The second-order valence-electron chi connectivity index (χ2n) is 3.78. The summed E-state index contributed by atoms with van der Waals surface area (Å²) in [7, 11) is 1.27. The van der Waals surface area contributed by atoms with Crippen LogP contribution in [0.4, 0.5) is 5.69 Å². The third-order valence-electron chi connectivity index (χ3n) is 2.29. The van der Waals surface area contributed by atoms with E-state index in [0.717, 1.165) is 3.57 Å². The molecule has 0 spiro atoms. The Bertz CT molecular complexity index is 482. The second kappa shape index (κ2) is 7.54. The zero-order chi connectivity index (χ0) is 14.4. The molecule has 0 saturated carbocycles. The van der Waals surface area contributed by atoms with Crippen LogP contribution in [0, 0.1) is 3.57 Å². The van der Waals surface area contributed by atoms with Crippen molar-refractivity contribution in [3.63, 3.8) is 0 Å². The van der Waals surface area contributed by atoms with Gasteiger partial charge in [-0.3, -0.25) is 4.79 Å². The molecule has 7 heteroatoms. The number of benzene rings is 1. The van der Waals surface area contributed by atoms with Gasteiger partial charge in [0.15, 0.2) is 0 Å². The van der Waals surface area contributed by atoms with Gasteiger partial charge in [0, 0.05) is 17.0 Å². The van der Waals surface area contributed by atoms with E-state index in [2.05, 4.69) is 38.0 Å². The van der Waals surface area contributed by atoms with E-state index in [4.69, 9.17) is 11.6 Å². The molecular formula is C12H14ClIN2O3. The van der Waals surface area contributed by atoms with E-state index in [1.807, 2.05) is 12.1 Å². The second-order valence-corrected chi connectivity index (χ2v) is 5.43. The average molecular weight is 397 g/mol. The number of amides is 1. The topological polar surface area (TPSA) is 67.4 Å². The van der Waals surface area contributed by atoms with Crippen LogP contribution in [-0.2, 0) is 14.3 Å². The zero-order valence-corrected chi connectivity index (χ0v) is 13.4. The minimum absolute atomic E-state index is 0.200. The summed E-state index contributed by atoms with van der Waals surface area (Å²) in [5.41, 5.74) is 0.702. The van der Waals surface area contributed by atoms with Crippen LogP contribution < -0.4 is 10.6 Å². The van der Waals surface area contributed by atoms with Crippen LogP contribution in [0.25, 0.3) is 0 Å². The van der Waals surface area contributed by atoms with E-state index in [1.54, 1.807) is 6.07 Å². The Morgan fingerprint density at radius 2 is 2.16 bits per heavy atom. The van der Waals surface area contributed by atoms with E-state index in [-0.39, 0.29) is 12.5 Å². The van der Waals surface area contributed by atoms with E-state index >= 15 is 0 Å². The number of methoxy groups -OCH3 is 1. The largest absolute Gasteiger partial charge is 0.467 e. The molecule has 1 amide bonds. The van der Waals surface area contributed by atoms with Crippen LogP contribution in [-0.4, -0.2) is 31.6 Å². The van der Waals surface area contributed by atoms with Gasteiger partial charge in [0.25, 0.3) is 0 Å². The van der Waals surface area contributed by atoms with E-state index in [1.165, 1.54) is 14.0 Å². The minimum Gasteiger partial charge on any atom is -0.467 e. The maximum atomic E-state index is 11.5. The highest BCUT2D eigenvalue weighted by atomic mass is 127. The molecule has 0 aliphatic heterocycles. The Morgan fingerprint density at radius 3 is 2.74 bits per heavy atom. The summed E-state index contributed by atoms with van der Waals surface area (Å²) in [4.78, 5) is 22.5. The number of hydrogen-bond acceptors (Lipinski definition) is 4. The molecule has 5 nitrogen and oxygen atoms in total. The number of carbonyl (C=O) groups excluding carboxylic acids is 2. The standard InChI is InChI=1S/C12H14ClIN2O3/c1-7(17)16-11(12(18)19-2)6-15-10-5-8(14)3-4-9(10)13/h3-5,11,15H,6H2,1-2H3,(H,16,17). The third kappa shape index (κ3) is 5.23. The number of hydrogen-bond donors (Lipinski definition) is 2. The quantitative estimate of drug-likeness (QED) is 0.590. The normalized spacial score (nSPS) is 11.6. The lowest BCUT2D eigenvalue weighted by atomic mass is 10.2. The first-order chi connectivity index (χ1) is 8.93. The molecule has 1 atom stereocenters. The molecule has 0 aliphatic carbocycles. The molecular weight excluding hydrogens is 383 g/mol. The molecule has 19 heavy (non-hydrogen) atoms. The summed E-state index contributed by atoms with van der Waals surface area (Å²) < 4.78 is 5.64. The highest BCUT2D eigenvalue weighted by molar-refractivity contribution is 14.1. The Hall–Kier alpha value is -1.02. The third-order valence-corrected chi connectivity index (χ3v) is 3.29. The molecule has 1 aromatic rings. The highest BCUT2D eigenvalue weighted by Crippen LogP contribution is 2.23. The van der Waals surface area contributed by atoms with Crippen molar-refractivity contribution in [1.82, 2.24) is 5.32 Å². The molecule has 0 fully saturated rings. The summed E-state index contributed by atoms with van der Waals surface area (Å²) in [6.45, 7) is 1.54. The molecule has 0 heterocycles. The van der Waals surface area contributed by atoms with Crippen molar-refractivity contribution in [1.29, 1.82) is 0 Å². The zero-order valence-electron chi connectivity index (χ0n) is 10.5. The predicted molar refractivity (Wildman–Crippen MR) is 82.3 cm³/mol. The van der Waals surface area contributed by atoms with Gasteiger partial charge in [-0.25, -0.2) is 4.79 Å². The molecule has 0 aromatic heterocycles.